The van der Waals surface area contributed by atoms with Crippen LogP contribution in [0.15, 0.2) is 23.7 Å². The number of thiazole rings is 1. The summed E-state index contributed by atoms with van der Waals surface area (Å²) in [5.41, 5.74) is 0.390. The first-order valence-electron chi connectivity index (χ1n) is 6.96. The zero-order valence-electron chi connectivity index (χ0n) is 12.1. The SMILES string of the molecule is O=C(C=Cc1cnc(N2CCOCC2)s1)c1csc(C(=O)O)c1. The second-order valence-corrected chi connectivity index (χ2v) is 6.80. The summed E-state index contributed by atoms with van der Waals surface area (Å²) in [4.78, 5) is 30.4. The Labute approximate surface area is 140 Å². The third-order valence-corrected chi connectivity index (χ3v) is 5.23. The highest BCUT2D eigenvalue weighted by Gasteiger charge is 2.14. The lowest BCUT2D eigenvalue weighted by atomic mass is 10.2. The van der Waals surface area contributed by atoms with Crippen molar-refractivity contribution in [1.29, 1.82) is 0 Å². The normalized spacial score (nSPS) is 15.2. The third kappa shape index (κ3) is 3.84. The largest absolute Gasteiger partial charge is 0.477 e. The van der Waals surface area contributed by atoms with E-state index < -0.39 is 5.97 Å². The van der Waals surface area contributed by atoms with E-state index in [2.05, 4.69) is 9.88 Å². The minimum Gasteiger partial charge on any atom is -0.477 e. The fraction of sp³-hybridized carbons (Fsp3) is 0.267. The van der Waals surface area contributed by atoms with Gasteiger partial charge in [-0.15, -0.1) is 11.3 Å². The number of carboxylic acid groups (broad SMARTS) is 1. The predicted molar refractivity (Wildman–Crippen MR) is 89.8 cm³/mol. The average molecular weight is 350 g/mol. The first kappa shape index (κ1) is 15.9. The van der Waals surface area contributed by atoms with E-state index in [0.717, 1.165) is 34.4 Å². The molecular formula is C15H14N2O4S2. The number of aromatic carboxylic acids is 1. The number of morpholine rings is 1. The first-order chi connectivity index (χ1) is 11.1. The second kappa shape index (κ2) is 7.03. The first-order valence-corrected chi connectivity index (χ1v) is 8.66. The number of ether oxygens (including phenoxy) is 1. The standard InChI is InChI=1S/C15H14N2O4S2/c18-12(10-7-13(14(19)20)22-9-10)2-1-11-8-16-15(23-11)17-3-5-21-6-4-17/h1-2,7-9H,3-6H2,(H,19,20). The molecule has 0 spiro atoms. The van der Waals surface area contributed by atoms with Crippen LogP contribution in [0.1, 0.15) is 24.9 Å². The van der Waals surface area contributed by atoms with E-state index in [4.69, 9.17) is 9.84 Å². The van der Waals surface area contributed by atoms with Gasteiger partial charge in [0.25, 0.3) is 0 Å². The molecule has 1 aliphatic heterocycles. The summed E-state index contributed by atoms with van der Waals surface area (Å²) in [5.74, 6) is -1.23. The Morgan fingerprint density at radius 2 is 2.13 bits per heavy atom. The van der Waals surface area contributed by atoms with Crippen molar-refractivity contribution >= 4 is 45.6 Å². The fourth-order valence-corrected chi connectivity index (χ4v) is 3.69. The van der Waals surface area contributed by atoms with Crippen LogP contribution in [0, 0.1) is 0 Å². The maximum atomic E-state index is 12.0. The van der Waals surface area contributed by atoms with Crippen LogP contribution in [0.4, 0.5) is 5.13 Å². The number of nitrogens with zero attached hydrogens (tertiary/aromatic N) is 2. The molecule has 0 amide bonds. The topological polar surface area (TPSA) is 79.7 Å². The van der Waals surface area contributed by atoms with Gasteiger partial charge in [0, 0.05) is 35.1 Å². The molecule has 6 nitrogen and oxygen atoms in total. The number of anilines is 1. The molecule has 1 saturated heterocycles. The Kier molecular flexibility index (Phi) is 4.85. The van der Waals surface area contributed by atoms with Crippen LogP contribution in [-0.2, 0) is 4.74 Å². The van der Waals surface area contributed by atoms with Crippen molar-refractivity contribution in [2.24, 2.45) is 0 Å². The lowest BCUT2D eigenvalue weighted by Gasteiger charge is -2.25. The van der Waals surface area contributed by atoms with Crippen LogP contribution in [0.2, 0.25) is 0 Å². The molecule has 2 aromatic heterocycles. The second-order valence-electron chi connectivity index (χ2n) is 4.85. The van der Waals surface area contributed by atoms with Gasteiger partial charge < -0.3 is 14.7 Å². The maximum Gasteiger partial charge on any atom is 0.345 e. The number of aromatic nitrogens is 1. The van der Waals surface area contributed by atoms with Crippen molar-refractivity contribution in [3.63, 3.8) is 0 Å². The quantitative estimate of drug-likeness (QED) is 0.660. The molecule has 23 heavy (non-hydrogen) atoms. The predicted octanol–water partition coefficient (Wildman–Crippen LogP) is 2.64. The number of ketones is 1. The minimum atomic E-state index is -1.02. The number of thiophene rings is 1. The van der Waals surface area contributed by atoms with E-state index in [9.17, 15) is 9.59 Å². The molecule has 1 fully saturated rings. The summed E-state index contributed by atoms with van der Waals surface area (Å²) >= 11 is 2.56. The monoisotopic (exact) mass is 350 g/mol. The van der Waals surface area contributed by atoms with Gasteiger partial charge in [-0.05, 0) is 18.2 Å². The van der Waals surface area contributed by atoms with Crippen molar-refractivity contribution in [3.05, 3.63) is 39.0 Å². The highest BCUT2D eigenvalue weighted by atomic mass is 32.1. The minimum absolute atomic E-state index is 0.161. The van der Waals surface area contributed by atoms with E-state index in [0.29, 0.717) is 18.8 Å². The van der Waals surface area contributed by atoms with E-state index in [-0.39, 0.29) is 10.7 Å². The van der Waals surface area contributed by atoms with Crippen LogP contribution in [-0.4, -0.2) is 48.1 Å². The number of carbonyl (C=O) groups is 2. The molecule has 120 valence electrons. The Hall–Kier alpha value is -2.03. The molecule has 1 N–H and O–H groups in total. The van der Waals surface area contributed by atoms with Crippen molar-refractivity contribution in [3.8, 4) is 0 Å². The number of hydrogen-bond donors (Lipinski definition) is 1. The Morgan fingerprint density at radius 3 is 2.83 bits per heavy atom. The lowest BCUT2D eigenvalue weighted by molar-refractivity contribution is 0.0702. The van der Waals surface area contributed by atoms with Crippen LogP contribution in [0.25, 0.3) is 6.08 Å². The van der Waals surface area contributed by atoms with Crippen molar-refractivity contribution in [2.75, 3.05) is 31.2 Å². The van der Waals surface area contributed by atoms with Crippen LogP contribution < -0.4 is 4.90 Å². The van der Waals surface area contributed by atoms with E-state index in [1.165, 1.54) is 23.5 Å². The van der Waals surface area contributed by atoms with Gasteiger partial charge in [0.05, 0.1) is 13.2 Å². The smallest absolute Gasteiger partial charge is 0.345 e. The zero-order valence-corrected chi connectivity index (χ0v) is 13.7. The summed E-state index contributed by atoms with van der Waals surface area (Å²) in [6.45, 7) is 3.05. The van der Waals surface area contributed by atoms with Gasteiger partial charge in [-0.1, -0.05) is 11.3 Å². The number of rotatable bonds is 5. The molecule has 8 heteroatoms. The summed E-state index contributed by atoms with van der Waals surface area (Å²) in [6.07, 6.45) is 4.89. The molecule has 0 unspecified atom stereocenters. The lowest BCUT2D eigenvalue weighted by Crippen LogP contribution is -2.36. The molecule has 0 saturated carbocycles. The fourth-order valence-electron chi connectivity index (χ4n) is 2.09. The number of carboxylic acids is 1. The van der Waals surface area contributed by atoms with Crippen molar-refractivity contribution in [2.45, 2.75) is 0 Å². The van der Waals surface area contributed by atoms with Gasteiger partial charge in [0.2, 0.25) is 0 Å². The molecule has 0 radical (unpaired) electrons. The Morgan fingerprint density at radius 1 is 1.35 bits per heavy atom. The van der Waals surface area contributed by atoms with Crippen LogP contribution in [0.3, 0.4) is 0 Å². The number of hydrogen-bond acceptors (Lipinski definition) is 7. The summed E-state index contributed by atoms with van der Waals surface area (Å²) in [5, 5.41) is 11.4. The Bertz CT molecular complexity index is 744. The van der Waals surface area contributed by atoms with Crippen LogP contribution in [0.5, 0.6) is 0 Å². The third-order valence-electron chi connectivity index (χ3n) is 3.29. The van der Waals surface area contributed by atoms with Gasteiger partial charge in [-0.25, -0.2) is 9.78 Å². The summed E-state index contributed by atoms with van der Waals surface area (Å²) in [7, 11) is 0. The van der Waals surface area contributed by atoms with Crippen LogP contribution >= 0.6 is 22.7 Å². The van der Waals surface area contributed by atoms with Gasteiger partial charge in [0.1, 0.15) is 4.88 Å². The summed E-state index contributed by atoms with van der Waals surface area (Å²) in [6, 6.07) is 1.39. The molecular weight excluding hydrogens is 336 g/mol. The van der Waals surface area contributed by atoms with Crippen molar-refractivity contribution in [1.82, 2.24) is 4.98 Å². The van der Waals surface area contributed by atoms with E-state index >= 15 is 0 Å². The van der Waals surface area contributed by atoms with Gasteiger partial charge >= 0.3 is 5.97 Å². The molecule has 3 rings (SSSR count). The zero-order chi connectivity index (χ0) is 16.2. The highest BCUT2D eigenvalue weighted by molar-refractivity contribution is 7.16. The number of carbonyl (C=O) groups excluding carboxylic acids is 1. The van der Waals surface area contributed by atoms with Gasteiger partial charge in [-0.2, -0.15) is 0 Å². The van der Waals surface area contributed by atoms with E-state index in [1.54, 1.807) is 17.7 Å². The average Bonchev–Trinajstić information content (AvgIpc) is 3.23. The summed E-state index contributed by atoms with van der Waals surface area (Å²) < 4.78 is 5.31. The molecule has 0 bridgehead atoms. The molecule has 2 aromatic rings. The molecule has 0 aliphatic carbocycles. The molecule has 1 aliphatic rings. The molecule has 0 atom stereocenters. The van der Waals surface area contributed by atoms with Gasteiger partial charge in [-0.3, -0.25) is 4.79 Å². The number of allylic oxidation sites excluding steroid dienone is 1. The highest BCUT2D eigenvalue weighted by Crippen LogP contribution is 2.24. The maximum absolute atomic E-state index is 12.0. The van der Waals surface area contributed by atoms with Gasteiger partial charge in [0.15, 0.2) is 10.9 Å². The van der Waals surface area contributed by atoms with E-state index in [1.807, 2.05) is 0 Å². The Balaban J connectivity index is 1.66. The van der Waals surface area contributed by atoms with Crippen molar-refractivity contribution < 1.29 is 19.4 Å². The molecule has 0 aromatic carbocycles. The molecule has 3 heterocycles.